The molecular formula is C16H27N5. The third-order valence-corrected chi connectivity index (χ3v) is 4.37. The van der Waals surface area contributed by atoms with Gasteiger partial charge >= 0.3 is 0 Å². The monoisotopic (exact) mass is 289 g/mol. The molecule has 0 saturated heterocycles. The van der Waals surface area contributed by atoms with Crippen molar-refractivity contribution in [3.8, 4) is 0 Å². The van der Waals surface area contributed by atoms with Crippen LogP contribution in [0.3, 0.4) is 0 Å². The van der Waals surface area contributed by atoms with Gasteiger partial charge in [-0.05, 0) is 32.1 Å². The fraction of sp³-hybridized carbons (Fsp3) is 0.750. The van der Waals surface area contributed by atoms with E-state index < -0.39 is 0 Å². The molecule has 0 spiro atoms. The van der Waals surface area contributed by atoms with Crippen molar-refractivity contribution in [2.24, 2.45) is 10.9 Å². The first kappa shape index (κ1) is 14.4. The lowest BCUT2D eigenvalue weighted by Crippen LogP contribution is -2.39. The standard InChI is InChI=1S/C16H27N5/c1-3-17-16(20-14-10-12(14)2)18-8-7-13-11-21-9-5-4-6-15(21)19-13/h11-12,14H,3-10H2,1-2H3,(H2,17,18,20). The number of hydrogen-bond donors (Lipinski definition) is 2. The van der Waals surface area contributed by atoms with Gasteiger partial charge in [0, 0.05) is 44.7 Å². The van der Waals surface area contributed by atoms with Crippen LogP contribution in [0.25, 0.3) is 0 Å². The molecule has 116 valence electrons. The lowest BCUT2D eigenvalue weighted by atomic mass is 10.2. The second-order valence-corrected chi connectivity index (χ2v) is 6.27. The van der Waals surface area contributed by atoms with Crippen LogP contribution in [0, 0.1) is 5.92 Å². The zero-order valence-corrected chi connectivity index (χ0v) is 13.2. The van der Waals surface area contributed by atoms with Gasteiger partial charge in [0.25, 0.3) is 0 Å². The first-order chi connectivity index (χ1) is 10.3. The Bertz CT molecular complexity index is 481. The number of aromatic nitrogens is 2. The van der Waals surface area contributed by atoms with Gasteiger partial charge in [0.15, 0.2) is 5.96 Å². The highest BCUT2D eigenvalue weighted by Crippen LogP contribution is 2.28. The maximum absolute atomic E-state index is 4.73. The van der Waals surface area contributed by atoms with Crippen molar-refractivity contribution in [2.45, 2.75) is 58.5 Å². The van der Waals surface area contributed by atoms with Crippen LogP contribution < -0.4 is 10.6 Å². The van der Waals surface area contributed by atoms with Gasteiger partial charge in [0.2, 0.25) is 0 Å². The number of aliphatic imine (C=N–C) groups is 1. The molecule has 2 N–H and O–H groups in total. The Kier molecular flexibility index (Phi) is 4.46. The van der Waals surface area contributed by atoms with Crippen LogP contribution in [0.4, 0.5) is 0 Å². The van der Waals surface area contributed by atoms with Crippen molar-refractivity contribution in [3.05, 3.63) is 17.7 Å². The molecule has 1 aromatic heterocycles. The highest BCUT2D eigenvalue weighted by molar-refractivity contribution is 5.80. The molecule has 1 fully saturated rings. The molecule has 0 radical (unpaired) electrons. The average Bonchev–Trinajstić information content (AvgIpc) is 3.01. The molecular weight excluding hydrogens is 262 g/mol. The summed E-state index contributed by atoms with van der Waals surface area (Å²) in [7, 11) is 0. The minimum atomic E-state index is 0.614. The van der Waals surface area contributed by atoms with Crippen molar-refractivity contribution in [3.63, 3.8) is 0 Å². The van der Waals surface area contributed by atoms with Crippen molar-refractivity contribution in [2.75, 3.05) is 13.1 Å². The van der Waals surface area contributed by atoms with Crippen LogP contribution in [0.2, 0.25) is 0 Å². The average molecular weight is 289 g/mol. The van der Waals surface area contributed by atoms with Crippen molar-refractivity contribution in [1.29, 1.82) is 0 Å². The molecule has 2 atom stereocenters. The molecule has 2 heterocycles. The van der Waals surface area contributed by atoms with E-state index in [1.807, 2.05) is 0 Å². The van der Waals surface area contributed by atoms with E-state index in [1.54, 1.807) is 0 Å². The Morgan fingerprint density at radius 2 is 2.33 bits per heavy atom. The van der Waals surface area contributed by atoms with Crippen molar-refractivity contribution in [1.82, 2.24) is 20.2 Å². The number of guanidine groups is 1. The first-order valence-electron chi connectivity index (χ1n) is 8.36. The highest BCUT2D eigenvalue weighted by atomic mass is 15.2. The molecule has 1 aromatic rings. The quantitative estimate of drug-likeness (QED) is 0.641. The minimum Gasteiger partial charge on any atom is -0.357 e. The number of nitrogens with one attached hydrogen (secondary N) is 2. The summed E-state index contributed by atoms with van der Waals surface area (Å²) in [6, 6.07) is 0.614. The van der Waals surface area contributed by atoms with Crippen molar-refractivity contribution >= 4 is 5.96 Å². The lowest BCUT2D eigenvalue weighted by molar-refractivity contribution is 0.522. The molecule has 3 rings (SSSR count). The van der Waals surface area contributed by atoms with Crippen LogP contribution in [0.1, 0.15) is 44.6 Å². The Hall–Kier alpha value is -1.52. The number of rotatable bonds is 5. The van der Waals surface area contributed by atoms with E-state index in [0.717, 1.165) is 44.4 Å². The van der Waals surface area contributed by atoms with Gasteiger partial charge < -0.3 is 15.2 Å². The molecule has 21 heavy (non-hydrogen) atoms. The second kappa shape index (κ2) is 6.50. The molecule has 2 unspecified atom stereocenters. The molecule has 2 aliphatic rings. The summed E-state index contributed by atoms with van der Waals surface area (Å²) in [5, 5.41) is 6.81. The van der Waals surface area contributed by atoms with Crippen LogP contribution in [-0.2, 0) is 19.4 Å². The first-order valence-corrected chi connectivity index (χ1v) is 8.36. The molecule has 1 aliphatic heterocycles. The topological polar surface area (TPSA) is 54.2 Å². The molecule has 0 amide bonds. The van der Waals surface area contributed by atoms with E-state index in [1.165, 1.54) is 30.8 Å². The molecule has 1 aliphatic carbocycles. The Morgan fingerprint density at radius 3 is 3.05 bits per heavy atom. The summed E-state index contributed by atoms with van der Waals surface area (Å²) in [5.41, 5.74) is 1.19. The minimum absolute atomic E-state index is 0.614. The van der Waals surface area contributed by atoms with Crippen molar-refractivity contribution < 1.29 is 0 Å². The van der Waals surface area contributed by atoms with Gasteiger partial charge in [-0.25, -0.2) is 4.98 Å². The van der Waals surface area contributed by atoms with Gasteiger partial charge in [-0.3, -0.25) is 4.99 Å². The van der Waals surface area contributed by atoms with E-state index >= 15 is 0 Å². The zero-order chi connectivity index (χ0) is 14.7. The third-order valence-electron chi connectivity index (χ3n) is 4.37. The van der Waals surface area contributed by atoms with E-state index in [-0.39, 0.29) is 0 Å². The normalized spacial score (nSPS) is 24.6. The van der Waals surface area contributed by atoms with Crippen LogP contribution >= 0.6 is 0 Å². The van der Waals surface area contributed by atoms with Gasteiger partial charge in [0.1, 0.15) is 5.82 Å². The summed E-state index contributed by atoms with van der Waals surface area (Å²) < 4.78 is 2.32. The number of fused-ring (bicyclic) bond motifs is 1. The Balaban J connectivity index is 1.52. The van der Waals surface area contributed by atoms with Gasteiger partial charge in [-0.1, -0.05) is 6.92 Å². The Morgan fingerprint density at radius 1 is 1.48 bits per heavy atom. The van der Waals surface area contributed by atoms with Gasteiger partial charge in [-0.2, -0.15) is 0 Å². The summed E-state index contributed by atoms with van der Waals surface area (Å²) in [6.45, 7) is 7.22. The largest absolute Gasteiger partial charge is 0.357 e. The predicted octanol–water partition coefficient (Wildman–Crippen LogP) is 1.73. The molecule has 5 nitrogen and oxygen atoms in total. The smallest absolute Gasteiger partial charge is 0.191 e. The Labute approximate surface area is 127 Å². The number of aryl methyl sites for hydroxylation is 2. The third kappa shape index (κ3) is 3.77. The zero-order valence-electron chi connectivity index (χ0n) is 13.2. The van der Waals surface area contributed by atoms with E-state index in [9.17, 15) is 0 Å². The fourth-order valence-corrected chi connectivity index (χ4v) is 2.89. The predicted molar refractivity (Wildman–Crippen MR) is 85.6 cm³/mol. The molecule has 5 heteroatoms. The number of nitrogens with zero attached hydrogens (tertiary/aromatic N) is 3. The molecule has 0 aromatic carbocycles. The van der Waals surface area contributed by atoms with Gasteiger partial charge in [-0.15, -0.1) is 0 Å². The van der Waals surface area contributed by atoms with Crippen LogP contribution in [0.15, 0.2) is 11.2 Å². The SMILES string of the molecule is CCNC(=NCCc1cn2c(n1)CCCC2)NC1CC1C. The number of hydrogen-bond acceptors (Lipinski definition) is 2. The second-order valence-electron chi connectivity index (χ2n) is 6.27. The summed E-state index contributed by atoms with van der Waals surface area (Å²) >= 11 is 0. The number of imidazole rings is 1. The summed E-state index contributed by atoms with van der Waals surface area (Å²) in [4.78, 5) is 9.41. The molecule has 0 bridgehead atoms. The van der Waals surface area contributed by atoms with Gasteiger partial charge in [0.05, 0.1) is 5.69 Å². The fourth-order valence-electron chi connectivity index (χ4n) is 2.89. The summed E-state index contributed by atoms with van der Waals surface area (Å²) in [6.07, 6.45) is 8.10. The van der Waals surface area contributed by atoms with Crippen LogP contribution in [-0.4, -0.2) is 34.6 Å². The van der Waals surface area contributed by atoms with E-state index in [2.05, 4.69) is 40.2 Å². The highest BCUT2D eigenvalue weighted by Gasteiger charge is 2.33. The maximum atomic E-state index is 4.73. The molecule has 1 saturated carbocycles. The maximum Gasteiger partial charge on any atom is 0.191 e. The van der Waals surface area contributed by atoms with E-state index in [4.69, 9.17) is 4.98 Å². The van der Waals surface area contributed by atoms with E-state index in [0.29, 0.717) is 6.04 Å². The summed E-state index contributed by atoms with van der Waals surface area (Å²) in [5.74, 6) is 3.00. The lowest BCUT2D eigenvalue weighted by Gasteiger charge is -2.11. The van der Waals surface area contributed by atoms with Crippen LogP contribution in [0.5, 0.6) is 0 Å².